The lowest BCUT2D eigenvalue weighted by Gasteiger charge is -2.33. The molecule has 1 unspecified atom stereocenters. The van der Waals surface area contributed by atoms with Crippen molar-refractivity contribution in [3.05, 3.63) is 0 Å². The monoisotopic (exact) mass is 240 g/mol. The van der Waals surface area contributed by atoms with Gasteiger partial charge in [-0.3, -0.25) is 0 Å². The minimum atomic E-state index is 0.429. The molecule has 0 aromatic rings. The second kappa shape index (κ2) is 6.75. The molecule has 1 N–H and O–H groups in total. The minimum absolute atomic E-state index is 0.429. The smallest absolute Gasteiger partial charge is 0.00444 e. The van der Waals surface area contributed by atoms with E-state index in [-0.39, 0.29) is 0 Å². The van der Waals surface area contributed by atoms with E-state index in [1.165, 1.54) is 32.4 Å². The second-order valence-corrected chi connectivity index (χ2v) is 6.83. The Balaban J connectivity index is 2.26. The van der Waals surface area contributed by atoms with Gasteiger partial charge in [0.1, 0.15) is 0 Å². The van der Waals surface area contributed by atoms with Gasteiger partial charge in [0.2, 0.25) is 0 Å². The Morgan fingerprint density at radius 3 is 2.47 bits per heavy atom. The largest absolute Gasteiger partial charge is 0.316 e. The number of nitrogens with one attached hydrogen (secondary N) is 1. The van der Waals surface area contributed by atoms with Crippen molar-refractivity contribution < 1.29 is 0 Å². The van der Waals surface area contributed by atoms with Crippen LogP contribution in [0.2, 0.25) is 0 Å². The maximum absolute atomic E-state index is 3.62. The average Bonchev–Trinajstić information content (AvgIpc) is 3.00. The van der Waals surface area contributed by atoms with E-state index < -0.39 is 0 Å². The van der Waals surface area contributed by atoms with E-state index >= 15 is 0 Å². The fraction of sp³-hybridized carbons (Fsp3) is 1.00. The van der Waals surface area contributed by atoms with E-state index in [1.54, 1.807) is 0 Å². The van der Waals surface area contributed by atoms with Gasteiger partial charge in [0.25, 0.3) is 0 Å². The molecule has 1 saturated carbocycles. The summed E-state index contributed by atoms with van der Waals surface area (Å²) in [6.45, 7) is 14.1. The summed E-state index contributed by atoms with van der Waals surface area (Å²) in [6.07, 6.45) is 4.17. The van der Waals surface area contributed by atoms with Gasteiger partial charge in [-0.15, -0.1) is 0 Å². The highest BCUT2D eigenvalue weighted by molar-refractivity contribution is 4.82. The standard InChI is InChI=1S/C15H32N2/c1-6-15(4,11-16-9-13(2)3)12-17(5)10-14-7-8-14/h13-14,16H,6-12H2,1-5H3. The summed E-state index contributed by atoms with van der Waals surface area (Å²) in [5.41, 5.74) is 0.429. The topological polar surface area (TPSA) is 15.3 Å². The highest BCUT2D eigenvalue weighted by Gasteiger charge is 2.27. The first kappa shape index (κ1) is 15.0. The summed E-state index contributed by atoms with van der Waals surface area (Å²) in [5, 5.41) is 3.62. The molecule has 0 spiro atoms. The predicted octanol–water partition coefficient (Wildman–Crippen LogP) is 2.99. The molecule has 102 valence electrons. The zero-order chi connectivity index (χ0) is 12.9. The van der Waals surface area contributed by atoms with E-state index in [4.69, 9.17) is 0 Å². The van der Waals surface area contributed by atoms with E-state index in [1.807, 2.05) is 0 Å². The lowest BCUT2D eigenvalue weighted by Crippen LogP contribution is -2.42. The van der Waals surface area contributed by atoms with Gasteiger partial charge in [-0.2, -0.15) is 0 Å². The summed E-state index contributed by atoms with van der Waals surface area (Å²) in [4.78, 5) is 2.54. The fourth-order valence-electron chi connectivity index (χ4n) is 2.41. The first-order valence-corrected chi connectivity index (χ1v) is 7.34. The molecule has 1 rings (SSSR count). The van der Waals surface area contributed by atoms with E-state index in [0.29, 0.717) is 5.41 Å². The Morgan fingerprint density at radius 1 is 1.35 bits per heavy atom. The average molecular weight is 240 g/mol. The van der Waals surface area contributed by atoms with Gasteiger partial charge in [-0.1, -0.05) is 27.7 Å². The van der Waals surface area contributed by atoms with Crippen molar-refractivity contribution in [3.8, 4) is 0 Å². The van der Waals surface area contributed by atoms with Crippen LogP contribution in [-0.2, 0) is 0 Å². The first-order chi connectivity index (χ1) is 7.95. The molecular weight excluding hydrogens is 208 g/mol. The molecule has 1 atom stereocenters. The van der Waals surface area contributed by atoms with Crippen molar-refractivity contribution in [2.45, 2.75) is 47.0 Å². The predicted molar refractivity (Wildman–Crippen MR) is 76.3 cm³/mol. The molecule has 1 aliphatic rings. The van der Waals surface area contributed by atoms with Crippen molar-refractivity contribution in [1.29, 1.82) is 0 Å². The van der Waals surface area contributed by atoms with Crippen LogP contribution in [0, 0.1) is 17.3 Å². The van der Waals surface area contributed by atoms with Gasteiger partial charge < -0.3 is 10.2 Å². The molecular formula is C15H32N2. The van der Waals surface area contributed by atoms with E-state index in [0.717, 1.165) is 24.9 Å². The fourth-order valence-corrected chi connectivity index (χ4v) is 2.41. The van der Waals surface area contributed by atoms with Gasteiger partial charge in [0, 0.05) is 19.6 Å². The van der Waals surface area contributed by atoms with Crippen molar-refractivity contribution in [2.75, 3.05) is 33.2 Å². The van der Waals surface area contributed by atoms with Crippen LogP contribution in [0.3, 0.4) is 0 Å². The zero-order valence-corrected chi connectivity index (χ0v) is 12.6. The van der Waals surface area contributed by atoms with Crippen LogP contribution in [0.25, 0.3) is 0 Å². The first-order valence-electron chi connectivity index (χ1n) is 7.34. The molecule has 0 heterocycles. The summed E-state index contributed by atoms with van der Waals surface area (Å²) in [6, 6.07) is 0. The third-order valence-electron chi connectivity index (χ3n) is 3.88. The van der Waals surface area contributed by atoms with Crippen molar-refractivity contribution in [2.24, 2.45) is 17.3 Å². The van der Waals surface area contributed by atoms with Gasteiger partial charge in [-0.05, 0) is 50.1 Å². The van der Waals surface area contributed by atoms with E-state index in [2.05, 4.69) is 45.0 Å². The van der Waals surface area contributed by atoms with Crippen molar-refractivity contribution in [3.63, 3.8) is 0 Å². The summed E-state index contributed by atoms with van der Waals surface area (Å²) < 4.78 is 0. The van der Waals surface area contributed by atoms with Crippen molar-refractivity contribution >= 4 is 0 Å². The normalized spacial score (nSPS) is 19.9. The highest BCUT2D eigenvalue weighted by atomic mass is 15.1. The highest BCUT2D eigenvalue weighted by Crippen LogP contribution is 2.30. The number of nitrogens with zero attached hydrogens (tertiary/aromatic N) is 1. The lowest BCUT2D eigenvalue weighted by atomic mass is 9.86. The summed E-state index contributed by atoms with van der Waals surface area (Å²) in [7, 11) is 2.29. The molecule has 0 bridgehead atoms. The van der Waals surface area contributed by atoms with Crippen LogP contribution in [0.5, 0.6) is 0 Å². The third kappa shape index (κ3) is 6.42. The molecule has 0 amide bonds. The second-order valence-electron chi connectivity index (χ2n) is 6.83. The maximum Gasteiger partial charge on any atom is 0.00444 e. The molecule has 0 aromatic heterocycles. The quantitative estimate of drug-likeness (QED) is 0.666. The van der Waals surface area contributed by atoms with Crippen molar-refractivity contribution in [1.82, 2.24) is 10.2 Å². The van der Waals surface area contributed by atoms with Crippen LogP contribution < -0.4 is 5.32 Å². The molecule has 1 aliphatic carbocycles. The van der Waals surface area contributed by atoms with Crippen LogP contribution in [-0.4, -0.2) is 38.1 Å². The Bertz CT molecular complexity index is 211. The van der Waals surface area contributed by atoms with Gasteiger partial charge in [0.05, 0.1) is 0 Å². The molecule has 0 aliphatic heterocycles. The molecule has 1 fully saturated rings. The summed E-state index contributed by atoms with van der Waals surface area (Å²) in [5.74, 6) is 1.75. The number of hydrogen-bond acceptors (Lipinski definition) is 2. The minimum Gasteiger partial charge on any atom is -0.316 e. The molecule has 0 aromatic carbocycles. The summed E-state index contributed by atoms with van der Waals surface area (Å²) >= 11 is 0. The van der Waals surface area contributed by atoms with Crippen LogP contribution >= 0.6 is 0 Å². The van der Waals surface area contributed by atoms with Gasteiger partial charge in [0.15, 0.2) is 0 Å². The van der Waals surface area contributed by atoms with Gasteiger partial charge >= 0.3 is 0 Å². The third-order valence-corrected chi connectivity index (χ3v) is 3.88. The Hall–Kier alpha value is -0.0800. The molecule has 17 heavy (non-hydrogen) atoms. The lowest BCUT2D eigenvalue weighted by molar-refractivity contribution is 0.174. The Morgan fingerprint density at radius 2 is 2.00 bits per heavy atom. The molecule has 2 nitrogen and oxygen atoms in total. The molecule has 0 saturated heterocycles. The molecule has 2 heteroatoms. The van der Waals surface area contributed by atoms with E-state index in [9.17, 15) is 0 Å². The maximum atomic E-state index is 3.62. The Kier molecular flexibility index (Phi) is 5.94. The SMILES string of the molecule is CCC(C)(CNCC(C)C)CN(C)CC1CC1. The Labute approximate surface area is 108 Å². The number of rotatable bonds is 9. The molecule has 0 radical (unpaired) electrons. The zero-order valence-electron chi connectivity index (χ0n) is 12.6. The van der Waals surface area contributed by atoms with Crippen LogP contribution in [0.15, 0.2) is 0 Å². The van der Waals surface area contributed by atoms with Crippen LogP contribution in [0.4, 0.5) is 0 Å². The van der Waals surface area contributed by atoms with Crippen LogP contribution in [0.1, 0.15) is 47.0 Å². The number of hydrogen-bond donors (Lipinski definition) is 1. The van der Waals surface area contributed by atoms with Gasteiger partial charge in [-0.25, -0.2) is 0 Å².